The molecule has 0 amide bonds. The first-order valence-corrected chi connectivity index (χ1v) is 6.23. The number of ether oxygens (including phenoxy) is 1. The van der Waals surface area contributed by atoms with E-state index in [0.29, 0.717) is 12.5 Å². The highest BCUT2D eigenvalue weighted by atomic mass is 16.5. The SMILES string of the molecule is Cc1nn(CCOCC(C)C)c(C)c1C(C)O. The summed E-state index contributed by atoms with van der Waals surface area (Å²) < 4.78 is 7.45. The minimum atomic E-state index is -0.458. The normalized spacial score (nSPS) is 13.4. The Morgan fingerprint density at radius 2 is 1.94 bits per heavy atom. The number of aromatic nitrogens is 2. The molecule has 0 aromatic carbocycles. The van der Waals surface area contributed by atoms with Crippen LogP contribution in [0.5, 0.6) is 0 Å². The van der Waals surface area contributed by atoms with Crippen molar-refractivity contribution < 1.29 is 9.84 Å². The summed E-state index contributed by atoms with van der Waals surface area (Å²) in [6.07, 6.45) is -0.458. The number of hydrogen-bond acceptors (Lipinski definition) is 3. The van der Waals surface area contributed by atoms with E-state index in [4.69, 9.17) is 4.74 Å². The zero-order valence-corrected chi connectivity index (χ0v) is 11.5. The lowest BCUT2D eigenvalue weighted by Gasteiger charge is -2.09. The number of nitrogens with zero attached hydrogens (tertiary/aromatic N) is 2. The molecule has 0 aliphatic rings. The van der Waals surface area contributed by atoms with Crippen LogP contribution in [-0.2, 0) is 11.3 Å². The topological polar surface area (TPSA) is 47.3 Å². The molecule has 17 heavy (non-hydrogen) atoms. The summed E-state index contributed by atoms with van der Waals surface area (Å²) in [7, 11) is 0. The van der Waals surface area contributed by atoms with E-state index in [1.54, 1.807) is 6.92 Å². The number of aliphatic hydroxyl groups is 1. The van der Waals surface area contributed by atoms with Crippen molar-refractivity contribution in [1.82, 2.24) is 9.78 Å². The molecule has 0 spiro atoms. The van der Waals surface area contributed by atoms with Gasteiger partial charge < -0.3 is 9.84 Å². The van der Waals surface area contributed by atoms with Gasteiger partial charge in [0.05, 0.1) is 24.9 Å². The van der Waals surface area contributed by atoms with E-state index in [9.17, 15) is 5.11 Å². The maximum Gasteiger partial charge on any atom is 0.0797 e. The van der Waals surface area contributed by atoms with Crippen LogP contribution in [0.15, 0.2) is 0 Å². The van der Waals surface area contributed by atoms with Gasteiger partial charge in [0.25, 0.3) is 0 Å². The second-order valence-electron chi connectivity index (χ2n) is 4.95. The third-order valence-electron chi connectivity index (χ3n) is 2.75. The summed E-state index contributed by atoms with van der Waals surface area (Å²) >= 11 is 0. The predicted molar refractivity (Wildman–Crippen MR) is 68.0 cm³/mol. The first-order chi connectivity index (χ1) is 7.93. The first kappa shape index (κ1) is 14.2. The van der Waals surface area contributed by atoms with Gasteiger partial charge in [0.2, 0.25) is 0 Å². The van der Waals surface area contributed by atoms with Crippen LogP contribution in [0.2, 0.25) is 0 Å². The second kappa shape index (κ2) is 6.17. The van der Waals surface area contributed by atoms with E-state index in [-0.39, 0.29) is 0 Å². The average Bonchev–Trinajstić information content (AvgIpc) is 2.48. The van der Waals surface area contributed by atoms with Crippen LogP contribution in [0.1, 0.15) is 43.8 Å². The number of rotatable bonds is 6. The fourth-order valence-corrected chi connectivity index (χ4v) is 2.00. The van der Waals surface area contributed by atoms with Gasteiger partial charge in [-0.05, 0) is 26.7 Å². The van der Waals surface area contributed by atoms with Crippen LogP contribution in [0, 0.1) is 19.8 Å². The lowest BCUT2D eigenvalue weighted by Crippen LogP contribution is -2.11. The van der Waals surface area contributed by atoms with Gasteiger partial charge in [-0.25, -0.2) is 0 Å². The molecule has 0 aliphatic carbocycles. The van der Waals surface area contributed by atoms with Gasteiger partial charge in [0, 0.05) is 17.9 Å². The lowest BCUT2D eigenvalue weighted by atomic mass is 10.1. The molecule has 1 aromatic rings. The predicted octanol–water partition coefficient (Wildman–Crippen LogP) is 2.23. The Kier molecular flexibility index (Phi) is 5.15. The summed E-state index contributed by atoms with van der Waals surface area (Å²) in [6, 6.07) is 0. The van der Waals surface area contributed by atoms with E-state index < -0.39 is 6.10 Å². The van der Waals surface area contributed by atoms with E-state index in [0.717, 1.165) is 30.1 Å². The van der Waals surface area contributed by atoms with Crippen LogP contribution in [-0.4, -0.2) is 28.1 Å². The van der Waals surface area contributed by atoms with Crippen molar-refractivity contribution in [3.05, 3.63) is 17.0 Å². The smallest absolute Gasteiger partial charge is 0.0797 e. The first-order valence-electron chi connectivity index (χ1n) is 6.23. The Bertz CT molecular complexity index is 357. The third-order valence-corrected chi connectivity index (χ3v) is 2.75. The van der Waals surface area contributed by atoms with Crippen molar-refractivity contribution in [3.63, 3.8) is 0 Å². The molecule has 1 unspecified atom stereocenters. The van der Waals surface area contributed by atoms with Gasteiger partial charge in [-0.15, -0.1) is 0 Å². The Balaban J connectivity index is 2.57. The van der Waals surface area contributed by atoms with Crippen LogP contribution in [0.4, 0.5) is 0 Å². The summed E-state index contributed by atoms with van der Waals surface area (Å²) in [4.78, 5) is 0. The average molecular weight is 240 g/mol. The van der Waals surface area contributed by atoms with Gasteiger partial charge in [0.1, 0.15) is 0 Å². The monoisotopic (exact) mass is 240 g/mol. The quantitative estimate of drug-likeness (QED) is 0.776. The Hall–Kier alpha value is -0.870. The molecule has 0 saturated carbocycles. The molecule has 1 atom stereocenters. The van der Waals surface area contributed by atoms with Gasteiger partial charge in [-0.2, -0.15) is 5.10 Å². The minimum Gasteiger partial charge on any atom is -0.389 e. The zero-order valence-electron chi connectivity index (χ0n) is 11.5. The molecular weight excluding hydrogens is 216 g/mol. The Morgan fingerprint density at radius 3 is 2.41 bits per heavy atom. The molecule has 0 saturated heterocycles. The molecule has 0 fully saturated rings. The molecule has 0 bridgehead atoms. The van der Waals surface area contributed by atoms with Crippen molar-refractivity contribution >= 4 is 0 Å². The maximum absolute atomic E-state index is 9.66. The van der Waals surface area contributed by atoms with Crippen molar-refractivity contribution in [1.29, 1.82) is 0 Å². The minimum absolute atomic E-state index is 0.458. The largest absolute Gasteiger partial charge is 0.389 e. The van der Waals surface area contributed by atoms with Crippen molar-refractivity contribution in [3.8, 4) is 0 Å². The summed E-state index contributed by atoms with van der Waals surface area (Å²) in [5.41, 5.74) is 2.88. The van der Waals surface area contributed by atoms with Gasteiger partial charge in [-0.1, -0.05) is 13.8 Å². The van der Waals surface area contributed by atoms with E-state index >= 15 is 0 Å². The number of hydrogen-bond donors (Lipinski definition) is 1. The molecule has 98 valence electrons. The molecule has 1 N–H and O–H groups in total. The van der Waals surface area contributed by atoms with E-state index in [1.807, 2.05) is 18.5 Å². The van der Waals surface area contributed by atoms with Gasteiger partial charge >= 0.3 is 0 Å². The zero-order chi connectivity index (χ0) is 13.0. The number of aliphatic hydroxyl groups excluding tert-OH is 1. The van der Waals surface area contributed by atoms with Gasteiger partial charge in [0.15, 0.2) is 0 Å². The van der Waals surface area contributed by atoms with E-state index in [1.165, 1.54) is 0 Å². The van der Waals surface area contributed by atoms with Crippen LogP contribution in [0.3, 0.4) is 0 Å². The molecule has 4 nitrogen and oxygen atoms in total. The molecular formula is C13H24N2O2. The van der Waals surface area contributed by atoms with Crippen molar-refractivity contribution in [2.24, 2.45) is 5.92 Å². The third kappa shape index (κ3) is 3.82. The molecule has 1 heterocycles. The number of aryl methyl sites for hydroxylation is 1. The second-order valence-corrected chi connectivity index (χ2v) is 4.95. The van der Waals surface area contributed by atoms with Crippen LogP contribution in [0.25, 0.3) is 0 Å². The summed E-state index contributed by atoms with van der Waals surface area (Å²) in [6.45, 7) is 12.2. The van der Waals surface area contributed by atoms with Crippen LogP contribution >= 0.6 is 0 Å². The van der Waals surface area contributed by atoms with Crippen LogP contribution < -0.4 is 0 Å². The molecule has 0 radical (unpaired) electrons. The van der Waals surface area contributed by atoms with Crippen molar-refractivity contribution in [2.45, 2.75) is 47.3 Å². The molecule has 1 rings (SSSR count). The van der Waals surface area contributed by atoms with Gasteiger partial charge in [-0.3, -0.25) is 4.68 Å². The fraction of sp³-hybridized carbons (Fsp3) is 0.769. The van der Waals surface area contributed by atoms with E-state index in [2.05, 4.69) is 18.9 Å². The Morgan fingerprint density at radius 1 is 1.29 bits per heavy atom. The highest BCUT2D eigenvalue weighted by Gasteiger charge is 2.15. The maximum atomic E-state index is 9.66. The highest BCUT2D eigenvalue weighted by Crippen LogP contribution is 2.20. The van der Waals surface area contributed by atoms with Crippen molar-refractivity contribution in [2.75, 3.05) is 13.2 Å². The molecule has 0 aliphatic heterocycles. The standard InChI is InChI=1S/C13H24N2O2/c1-9(2)8-17-7-6-15-11(4)13(12(5)16)10(3)14-15/h9,12,16H,6-8H2,1-5H3. The lowest BCUT2D eigenvalue weighted by molar-refractivity contribution is 0.100. The summed E-state index contributed by atoms with van der Waals surface area (Å²) in [5, 5.41) is 14.1. The fourth-order valence-electron chi connectivity index (χ4n) is 2.00. The highest BCUT2D eigenvalue weighted by molar-refractivity contribution is 5.26. The summed E-state index contributed by atoms with van der Waals surface area (Å²) in [5.74, 6) is 0.559. The molecule has 4 heteroatoms. The molecule has 1 aromatic heterocycles. The Labute approximate surface area is 104 Å².